The molecule has 3 aliphatic rings. The zero-order chi connectivity index (χ0) is 20.7. The van der Waals surface area contributed by atoms with Crippen LogP contribution in [-0.2, 0) is 4.74 Å². The van der Waals surface area contributed by atoms with E-state index >= 15 is 0 Å². The first kappa shape index (κ1) is 19.2. The molecule has 2 aromatic heterocycles. The quantitative estimate of drug-likeness (QED) is 0.519. The van der Waals surface area contributed by atoms with E-state index in [1.165, 1.54) is 0 Å². The van der Waals surface area contributed by atoms with Crippen LogP contribution < -0.4 is 10.2 Å². The Morgan fingerprint density at radius 3 is 2.97 bits per heavy atom. The fraction of sp³-hybridized carbons (Fsp3) is 0.348. The van der Waals surface area contributed by atoms with Crippen molar-refractivity contribution in [3.05, 3.63) is 51.8 Å². The predicted octanol–water partition coefficient (Wildman–Crippen LogP) is 4.65. The number of hydrogen-bond acceptors (Lipinski definition) is 6. The van der Waals surface area contributed by atoms with Crippen molar-refractivity contribution in [2.75, 3.05) is 13.2 Å². The monoisotopic (exact) mass is 421 g/mol. The number of benzene rings is 1. The van der Waals surface area contributed by atoms with Gasteiger partial charge < -0.3 is 14.5 Å². The standard InChI is InChI=1S/C23H23N3O3S/c1-13-9-19(29-14(2)15-3-6-28-7-4-15)22(27)17-11-25-23(26-21(13)17)18-10-16-5-8-30-20(16)12-24-18/h5,8-12,14-15H,3-4,6-7H2,1-2H3,(H,25,26). The number of rotatable bonds is 4. The van der Waals surface area contributed by atoms with Crippen LogP contribution in [0.5, 0.6) is 5.75 Å². The van der Waals surface area contributed by atoms with Gasteiger partial charge in [0, 0.05) is 25.6 Å². The van der Waals surface area contributed by atoms with Crippen LogP contribution in [0.2, 0.25) is 0 Å². The molecule has 1 fully saturated rings. The number of nitrogens with one attached hydrogen (secondary N) is 1. The van der Waals surface area contributed by atoms with E-state index < -0.39 is 0 Å². The van der Waals surface area contributed by atoms with E-state index in [1.54, 1.807) is 17.5 Å². The summed E-state index contributed by atoms with van der Waals surface area (Å²) in [4.78, 5) is 25.5. The van der Waals surface area contributed by atoms with E-state index in [-0.39, 0.29) is 11.5 Å². The van der Waals surface area contributed by atoms with Crippen molar-refractivity contribution >= 4 is 21.4 Å². The summed E-state index contributed by atoms with van der Waals surface area (Å²) in [5.41, 5.74) is 2.73. The number of aromatic amines is 1. The minimum atomic E-state index is -0.133. The first-order valence-electron chi connectivity index (χ1n) is 10.2. The van der Waals surface area contributed by atoms with Gasteiger partial charge in [0.2, 0.25) is 5.43 Å². The van der Waals surface area contributed by atoms with E-state index in [2.05, 4.69) is 16.0 Å². The molecule has 5 rings (SSSR count). The van der Waals surface area contributed by atoms with Crippen LogP contribution >= 0.6 is 11.3 Å². The maximum atomic E-state index is 13.1. The molecule has 0 spiro atoms. The lowest BCUT2D eigenvalue weighted by Gasteiger charge is -2.28. The van der Waals surface area contributed by atoms with E-state index in [1.807, 2.05) is 37.6 Å². The van der Waals surface area contributed by atoms with E-state index in [0.29, 0.717) is 28.7 Å². The second-order valence-electron chi connectivity index (χ2n) is 7.83. The molecule has 6 nitrogen and oxygen atoms in total. The Hall–Kier alpha value is -2.77. The minimum Gasteiger partial charge on any atom is -0.486 e. The van der Waals surface area contributed by atoms with Crippen molar-refractivity contribution < 1.29 is 9.47 Å². The number of ether oxygens (including phenoxy) is 2. The molecule has 0 bridgehead atoms. The highest BCUT2D eigenvalue weighted by atomic mass is 32.1. The number of pyridine rings is 1. The smallest absolute Gasteiger partial charge is 0.231 e. The molecule has 2 aliphatic heterocycles. The third kappa shape index (κ3) is 3.48. The van der Waals surface area contributed by atoms with Crippen LogP contribution in [0.25, 0.3) is 32.9 Å². The van der Waals surface area contributed by atoms with Crippen molar-refractivity contribution in [1.29, 1.82) is 0 Å². The molecule has 1 unspecified atom stereocenters. The van der Waals surface area contributed by atoms with Crippen LogP contribution in [0.3, 0.4) is 0 Å². The van der Waals surface area contributed by atoms with Gasteiger partial charge in [-0.25, -0.2) is 4.98 Å². The minimum absolute atomic E-state index is 0.0313. The number of aryl methyl sites for hydroxylation is 1. The van der Waals surface area contributed by atoms with E-state index in [4.69, 9.17) is 14.5 Å². The molecule has 0 radical (unpaired) electrons. The summed E-state index contributed by atoms with van der Waals surface area (Å²) in [6.45, 7) is 5.51. The molecule has 0 amide bonds. The van der Waals surface area contributed by atoms with Crippen LogP contribution in [0.1, 0.15) is 25.3 Å². The lowest BCUT2D eigenvalue weighted by molar-refractivity contribution is 0.0236. The van der Waals surface area contributed by atoms with Gasteiger partial charge in [0.15, 0.2) is 11.6 Å². The Kier molecular flexibility index (Phi) is 5.00. The van der Waals surface area contributed by atoms with Gasteiger partial charge in [-0.2, -0.15) is 0 Å². The molecule has 1 saturated heterocycles. The summed E-state index contributed by atoms with van der Waals surface area (Å²) in [5, 5.41) is 3.18. The lowest BCUT2D eigenvalue weighted by Crippen LogP contribution is -2.31. The molecule has 1 N–H and O–H groups in total. The zero-order valence-corrected chi connectivity index (χ0v) is 17.8. The summed E-state index contributed by atoms with van der Waals surface area (Å²) < 4.78 is 12.7. The topological polar surface area (TPSA) is 77.1 Å². The van der Waals surface area contributed by atoms with Gasteiger partial charge in [0.1, 0.15) is 5.69 Å². The first-order valence-corrected chi connectivity index (χ1v) is 11.1. The summed E-state index contributed by atoms with van der Waals surface area (Å²) in [6, 6.07) is 5.89. The normalized spacial score (nSPS) is 16.2. The third-order valence-electron chi connectivity index (χ3n) is 5.85. The molecule has 0 aromatic carbocycles. The Morgan fingerprint density at radius 2 is 2.13 bits per heavy atom. The maximum Gasteiger partial charge on any atom is 0.231 e. The zero-order valence-electron chi connectivity index (χ0n) is 17.0. The molecule has 4 heterocycles. The van der Waals surface area contributed by atoms with Crippen molar-refractivity contribution in [1.82, 2.24) is 15.0 Å². The summed E-state index contributed by atoms with van der Waals surface area (Å²) in [5.74, 6) is 1.43. The predicted molar refractivity (Wildman–Crippen MR) is 118 cm³/mol. The van der Waals surface area contributed by atoms with Crippen molar-refractivity contribution in [2.24, 2.45) is 5.92 Å². The number of fused-ring (bicyclic) bond motifs is 2. The molecule has 0 saturated carbocycles. The van der Waals surface area contributed by atoms with Gasteiger partial charge in [-0.3, -0.25) is 9.78 Å². The summed E-state index contributed by atoms with van der Waals surface area (Å²) >= 11 is 1.66. The lowest BCUT2D eigenvalue weighted by atomic mass is 9.95. The highest BCUT2D eigenvalue weighted by Gasteiger charge is 2.24. The van der Waals surface area contributed by atoms with Crippen LogP contribution in [0, 0.1) is 12.8 Å². The average molecular weight is 422 g/mol. The number of thiophene rings is 1. The van der Waals surface area contributed by atoms with Crippen molar-refractivity contribution in [2.45, 2.75) is 32.8 Å². The molecular formula is C23H23N3O3S. The SMILES string of the molecule is Cc1cc(OC(C)C2CCOCC2)c(=O)c2c[nH]c(-c3cc4ccsc4cn3)nc1-2. The van der Waals surface area contributed by atoms with Gasteiger partial charge in [-0.1, -0.05) is 0 Å². The van der Waals surface area contributed by atoms with Crippen LogP contribution in [0.15, 0.2) is 40.8 Å². The number of hydrogen-bond donors (Lipinski definition) is 1. The van der Waals surface area contributed by atoms with Gasteiger partial charge in [0.05, 0.1) is 22.1 Å². The molecular weight excluding hydrogens is 398 g/mol. The Morgan fingerprint density at radius 1 is 1.30 bits per heavy atom. The fourth-order valence-electron chi connectivity index (χ4n) is 4.05. The van der Waals surface area contributed by atoms with Crippen LogP contribution in [0.4, 0.5) is 0 Å². The molecule has 7 heteroatoms. The molecule has 30 heavy (non-hydrogen) atoms. The summed E-state index contributed by atoms with van der Waals surface area (Å²) in [7, 11) is 0. The van der Waals surface area contributed by atoms with Crippen LogP contribution in [-0.4, -0.2) is 34.3 Å². The number of H-pyrrole nitrogens is 1. The average Bonchev–Trinajstić information content (AvgIpc) is 3.25. The van der Waals surface area contributed by atoms with E-state index in [9.17, 15) is 4.79 Å². The number of aromatic nitrogens is 3. The highest BCUT2D eigenvalue weighted by Crippen LogP contribution is 2.29. The Bertz CT molecular complexity index is 1230. The molecule has 2 aromatic rings. The Balaban J connectivity index is 1.49. The second-order valence-corrected chi connectivity index (χ2v) is 8.78. The van der Waals surface area contributed by atoms with Gasteiger partial charge in [-0.15, -0.1) is 11.3 Å². The van der Waals surface area contributed by atoms with Crippen molar-refractivity contribution in [3.63, 3.8) is 0 Å². The summed E-state index contributed by atoms with van der Waals surface area (Å²) in [6.07, 6.45) is 5.47. The second kappa shape index (κ2) is 7.81. The highest BCUT2D eigenvalue weighted by molar-refractivity contribution is 7.17. The van der Waals surface area contributed by atoms with E-state index in [0.717, 1.165) is 47.4 Å². The first-order chi connectivity index (χ1) is 14.6. The molecule has 1 atom stereocenters. The maximum absolute atomic E-state index is 13.1. The third-order valence-corrected chi connectivity index (χ3v) is 6.71. The largest absolute Gasteiger partial charge is 0.486 e. The van der Waals surface area contributed by atoms with Gasteiger partial charge in [-0.05, 0) is 67.1 Å². The number of nitrogens with zero attached hydrogens (tertiary/aromatic N) is 2. The van der Waals surface area contributed by atoms with Gasteiger partial charge >= 0.3 is 0 Å². The van der Waals surface area contributed by atoms with Crippen molar-refractivity contribution in [3.8, 4) is 28.5 Å². The van der Waals surface area contributed by atoms with Gasteiger partial charge in [0.25, 0.3) is 0 Å². The Labute approximate surface area is 178 Å². The fourth-order valence-corrected chi connectivity index (χ4v) is 4.79. The molecule has 154 valence electrons. The molecule has 1 aliphatic carbocycles.